The van der Waals surface area contributed by atoms with Crippen molar-refractivity contribution in [1.82, 2.24) is 0 Å². The minimum absolute atomic E-state index is 0.00224. The van der Waals surface area contributed by atoms with Crippen LogP contribution in [0, 0.1) is 13.8 Å². The number of hydrogen-bond donors (Lipinski definition) is 0. The van der Waals surface area contributed by atoms with E-state index in [9.17, 15) is 28.8 Å². The van der Waals surface area contributed by atoms with Gasteiger partial charge in [-0.25, -0.2) is 14.5 Å². The van der Waals surface area contributed by atoms with Gasteiger partial charge in [0, 0.05) is 11.1 Å². The zero-order valence-corrected chi connectivity index (χ0v) is 23.3. The summed E-state index contributed by atoms with van der Waals surface area (Å²) < 4.78 is 10.3. The number of anilines is 1. The number of imide groups is 1. The minimum atomic E-state index is -0.814. The Bertz CT molecular complexity index is 1770. The quantitative estimate of drug-likeness (QED) is 0.152. The Kier molecular flexibility index (Phi) is 8.07. The van der Waals surface area contributed by atoms with Crippen LogP contribution in [-0.4, -0.2) is 48.5 Å². The number of ether oxygens (including phenoxy) is 2. The van der Waals surface area contributed by atoms with Crippen molar-refractivity contribution in [2.45, 2.75) is 13.8 Å². The summed E-state index contributed by atoms with van der Waals surface area (Å²) in [6.45, 7) is 2.87. The number of ketones is 2. The number of amides is 2. The zero-order chi connectivity index (χ0) is 30.7. The molecule has 0 saturated heterocycles. The lowest BCUT2D eigenvalue weighted by atomic mass is 10.1. The van der Waals surface area contributed by atoms with Crippen LogP contribution in [0.2, 0.25) is 0 Å². The number of hydrogen-bond acceptors (Lipinski definition) is 8. The van der Waals surface area contributed by atoms with Gasteiger partial charge in [0.05, 0.1) is 27.9 Å². The Balaban J connectivity index is 1.22. The Labute approximate surface area is 246 Å². The molecule has 0 N–H and O–H groups in total. The molecule has 0 atom stereocenters. The molecular formula is C34H25NO8. The first-order chi connectivity index (χ1) is 20.6. The van der Waals surface area contributed by atoms with Crippen LogP contribution in [0.15, 0.2) is 91.0 Å². The molecule has 43 heavy (non-hydrogen) atoms. The Morgan fingerprint density at radius 2 is 0.953 bits per heavy atom. The molecule has 214 valence electrons. The summed E-state index contributed by atoms with van der Waals surface area (Å²) in [6, 6.07) is 23.3. The molecule has 9 heteroatoms. The summed E-state index contributed by atoms with van der Waals surface area (Å²) in [4.78, 5) is 76.9. The molecule has 4 aromatic carbocycles. The molecule has 0 unspecified atom stereocenters. The zero-order valence-electron chi connectivity index (χ0n) is 23.3. The summed E-state index contributed by atoms with van der Waals surface area (Å²) in [6.07, 6.45) is 0. The number of nitrogens with zero attached hydrogens (tertiary/aromatic N) is 1. The van der Waals surface area contributed by atoms with Crippen LogP contribution in [0.25, 0.3) is 0 Å². The third-order valence-corrected chi connectivity index (χ3v) is 6.90. The molecule has 1 aliphatic rings. The number of aryl methyl sites for hydroxylation is 2. The number of esters is 2. The fourth-order valence-corrected chi connectivity index (χ4v) is 4.42. The molecule has 0 aromatic heterocycles. The van der Waals surface area contributed by atoms with Gasteiger partial charge in [-0.05, 0) is 56.3 Å². The molecule has 0 fully saturated rings. The normalized spacial score (nSPS) is 12.1. The van der Waals surface area contributed by atoms with Gasteiger partial charge in [-0.2, -0.15) is 0 Å². The fourth-order valence-electron chi connectivity index (χ4n) is 4.42. The number of fused-ring (bicyclic) bond motifs is 1. The number of carbonyl (C=O) groups is 6. The average Bonchev–Trinajstić information content (AvgIpc) is 3.27. The highest BCUT2D eigenvalue weighted by Crippen LogP contribution is 2.29. The number of carbonyl (C=O) groups excluding carboxylic acids is 6. The third-order valence-electron chi connectivity index (χ3n) is 6.90. The van der Waals surface area contributed by atoms with Gasteiger partial charge in [0.15, 0.2) is 24.8 Å². The van der Waals surface area contributed by atoms with E-state index in [2.05, 4.69) is 0 Å². The molecule has 4 aromatic rings. The maximum atomic E-state index is 13.2. The average molecular weight is 576 g/mol. The lowest BCUT2D eigenvalue weighted by molar-refractivity contribution is 0.0472. The third kappa shape index (κ3) is 6.15. The van der Waals surface area contributed by atoms with Gasteiger partial charge < -0.3 is 9.47 Å². The Hall–Kier alpha value is -5.70. The molecule has 9 nitrogen and oxygen atoms in total. The predicted molar refractivity (Wildman–Crippen MR) is 156 cm³/mol. The van der Waals surface area contributed by atoms with Crippen LogP contribution in [0.3, 0.4) is 0 Å². The monoisotopic (exact) mass is 575 g/mol. The fraction of sp³-hybridized carbons (Fsp3) is 0.118. The van der Waals surface area contributed by atoms with E-state index in [-0.39, 0.29) is 39.5 Å². The molecule has 5 rings (SSSR count). The van der Waals surface area contributed by atoms with Crippen molar-refractivity contribution < 1.29 is 38.2 Å². The van der Waals surface area contributed by atoms with Crippen molar-refractivity contribution in [3.8, 4) is 0 Å². The Morgan fingerprint density at radius 1 is 0.535 bits per heavy atom. The van der Waals surface area contributed by atoms with Gasteiger partial charge in [-0.1, -0.05) is 59.7 Å². The van der Waals surface area contributed by atoms with Crippen molar-refractivity contribution in [3.05, 3.63) is 136 Å². The molecule has 0 aliphatic carbocycles. The lowest BCUT2D eigenvalue weighted by Crippen LogP contribution is -2.29. The van der Waals surface area contributed by atoms with Crippen LogP contribution in [0.4, 0.5) is 5.69 Å². The van der Waals surface area contributed by atoms with E-state index in [1.807, 2.05) is 13.8 Å². The van der Waals surface area contributed by atoms with Crippen molar-refractivity contribution >= 4 is 41.0 Å². The number of rotatable bonds is 9. The molecule has 0 radical (unpaired) electrons. The second-order valence-corrected chi connectivity index (χ2v) is 9.98. The van der Waals surface area contributed by atoms with E-state index in [0.717, 1.165) is 16.0 Å². The van der Waals surface area contributed by atoms with E-state index >= 15 is 0 Å². The summed E-state index contributed by atoms with van der Waals surface area (Å²) in [5.74, 6) is -3.55. The van der Waals surface area contributed by atoms with E-state index in [1.54, 1.807) is 48.5 Å². The number of Topliss-reactive ketones (excluding diaryl/α,β-unsaturated/α-hetero) is 2. The summed E-state index contributed by atoms with van der Waals surface area (Å²) >= 11 is 0. The van der Waals surface area contributed by atoms with Crippen molar-refractivity contribution in [2.75, 3.05) is 18.1 Å². The first-order valence-electron chi connectivity index (χ1n) is 13.3. The van der Waals surface area contributed by atoms with E-state index < -0.39 is 37.0 Å². The summed E-state index contributed by atoms with van der Waals surface area (Å²) in [7, 11) is 0. The van der Waals surface area contributed by atoms with Gasteiger partial charge in [0.1, 0.15) is 0 Å². The first-order valence-corrected chi connectivity index (χ1v) is 13.3. The summed E-state index contributed by atoms with van der Waals surface area (Å²) in [5.41, 5.74) is 3.24. The highest BCUT2D eigenvalue weighted by atomic mass is 16.5. The highest BCUT2D eigenvalue weighted by molar-refractivity contribution is 6.34. The van der Waals surface area contributed by atoms with Crippen molar-refractivity contribution in [2.24, 2.45) is 0 Å². The van der Waals surface area contributed by atoms with E-state index in [1.165, 1.54) is 42.5 Å². The van der Waals surface area contributed by atoms with Crippen LogP contribution in [0.1, 0.15) is 73.3 Å². The van der Waals surface area contributed by atoms with Gasteiger partial charge in [0.25, 0.3) is 11.8 Å². The SMILES string of the molecule is Cc1ccc(C(=O)COC(=O)c2ccc(N3C(=O)c4ccc(C(=O)OCC(=O)c5ccc(C)cc5)cc4C3=O)cc2)cc1. The molecular weight excluding hydrogens is 550 g/mol. The van der Waals surface area contributed by atoms with Crippen LogP contribution in [-0.2, 0) is 9.47 Å². The topological polar surface area (TPSA) is 124 Å². The van der Waals surface area contributed by atoms with Gasteiger partial charge in [-0.15, -0.1) is 0 Å². The van der Waals surface area contributed by atoms with Gasteiger partial charge in [-0.3, -0.25) is 19.2 Å². The highest BCUT2D eigenvalue weighted by Gasteiger charge is 2.37. The summed E-state index contributed by atoms with van der Waals surface area (Å²) in [5, 5.41) is 0. The van der Waals surface area contributed by atoms with Crippen LogP contribution in [0.5, 0.6) is 0 Å². The second-order valence-electron chi connectivity index (χ2n) is 9.98. The molecule has 1 heterocycles. The molecule has 1 aliphatic heterocycles. The maximum absolute atomic E-state index is 13.2. The van der Waals surface area contributed by atoms with Crippen LogP contribution < -0.4 is 4.90 Å². The largest absolute Gasteiger partial charge is 0.454 e. The Morgan fingerprint density at radius 3 is 1.47 bits per heavy atom. The molecule has 0 bridgehead atoms. The van der Waals surface area contributed by atoms with E-state index in [0.29, 0.717) is 11.1 Å². The number of benzene rings is 4. The first kappa shape index (κ1) is 28.8. The minimum Gasteiger partial charge on any atom is -0.454 e. The standard InChI is InChI=1S/C34H25NO8/c1-20-3-7-22(8-4-20)29(36)18-42-33(40)24-11-14-26(15-12-24)35-31(38)27-16-13-25(17-28(27)32(35)39)34(41)43-19-30(37)23-9-5-21(2)6-10-23/h3-17H,18-19H2,1-2H3. The van der Waals surface area contributed by atoms with Crippen molar-refractivity contribution in [3.63, 3.8) is 0 Å². The molecule has 0 spiro atoms. The lowest BCUT2D eigenvalue weighted by Gasteiger charge is -2.14. The molecule has 0 saturated carbocycles. The van der Waals surface area contributed by atoms with Crippen molar-refractivity contribution in [1.29, 1.82) is 0 Å². The maximum Gasteiger partial charge on any atom is 0.338 e. The van der Waals surface area contributed by atoms with Gasteiger partial charge in [0.2, 0.25) is 0 Å². The second kappa shape index (κ2) is 12.0. The molecule has 2 amide bonds. The predicted octanol–water partition coefficient (Wildman–Crippen LogP) is 5.18. The van der Waals surface area contributed by atoms with Gasteiger partial charge >= 0.3 is 11.9 Å². The van der Waals surface area contributed by atoms with E-state index in [4.69, 9.17) is 9.47 Å². The smallest absolute Gasteiger partial charge is 0.338 e. The van der Waals surface area contributed by atoms with Crippen LogP contribution >= 0.6 is 0 Å².